The smallest absolute Gasteiger partial charge is 0.303 e. The van der Waals surface area contributed by atoms with Crippen molar-refractivity contribution in [2.75, 3.05) is 0 Å². The molecule has 0 saturated heterocycles. The van der Waals surface area contributed by atoms with Gasteiger partial charge in [0, 0.05) is 23.5 Å². The number of carboxylic acids is 1. The van der Waals surface area contributed by atoms with Crippen molar-refractivity contribution in [1.82, 2.24) is 4.57 Å². The predicted molar refractivity (Wildman–Crippen MR) is 80.6 cm³/mol. The molecule has 0 atom stereocenters. The van der Waals surface area contributed by atoms with Crippen LogP contribution in [0.2, 0.25) is 0 Å². The van der Waals surface area contributed by atoms with E-state index >= 15 is 0 Å². The summed E-state index contributed by atoms with van der Waals surface area (Å²) in [4.78, 5) is 10.7. The number of rotatable bonds is 5. The van der Waals surface area contributed by atoms with E-state index in [9.17, 15) is 4.79 Å². The number of carbonyl (C=O) groups is 1. The van der Waals surface area contributed by atoms with Crippen LogP contribution in [0.1, 0.15) is 35.9 Å². The van der Waals surface area contributed by atoms with Crippen LogP contribution in [-0.2, 0) is 17.6 Å². The maximum absolute atomic E-state index is 10.7. The fourth-order valence-electron chi connectivity index (χ4n) is 2.60. The van der Waals surface area contributed by atoms with Crippen molar-refractivity contribution in [3.05, 3.63) is 52.8 Å². The summed E-state index contributed by atoms with van der Waals surface area (Å²) in [6.07, 6.45) is 1.80. The molecule has 1 N–H and O–H groups in total. The van der Waals surface area contributed by atoms with Crippen LogP contribution in [0.15, 0.2) is 30.3 Å². The Labute approximate surface area is 119 Å². The number of aryl methyl sites for hydroxylation is 3. The molecule has 0 aliphatic carbocycles. The Bertz CT molecular complexity index is 609. The first-order valence-electron chi connectivity index (χ1n) is 7.02. The summed E-state index contributed by atoms with van der Waals surface area (Å²) in [7, 11) is 0. The number of hydrogen-bond donors (Lipinski definition) is 1. The van der Waals surface area contributed by atoms with E-state index in [-0.39, 0.29) is 6.42 Å². The van der Waals surface area contributed by atoms with Crippen LogP contribution < -0.4 is 0 Å². The molecule has 2 rings (SSSR count). The summed E-state index contributed by atoms with van der Waals surface area (Å²) >= 11 is 0. The highest BCUT2D eigenvalue weighted by Gasteiger charge is 2.11. The Kier molecular flexibility index (Phi) is 4.28. The summed E-state index contributed by atoms with van der Waals surface area (Å²) in [5.74, 6) is -0.748. The highest BCUT2D eigenvalue weighted by Crippen LogP contribution is 2.22. The zero-order valence-corrected chi connectivity index (χ0v) is 12.3. The van der Waals surface area contributed by atoms with Crippen molar-refractivity contribution >= 4 is 5.97 Å². The standard InChI is InChI=1S/C17H21NO2/c1-4-14-5-8-16(9-6-14)18-12(2)11-15(13(18)3)7-10-17(19)20/h5-6,8-9,11H,4,7,10H2,1-3H3,(H,19,20). The molecule has 3 nitrogen and oxygen atoms in total. The van der Waals surface area contributed by atoms with Crippen LogP contribution in [0.25, 0.3) is 5.69 Å². The minimum absolute atomic E-state index is 0.180. The molecule has 3 heteroatoms. The quantitative estimate of drug-likeness (QED) is 0.901. The lowest BCUT2D eigenvalue weighted by molar-refractivity contribution is -0.136. The van der Waals surface area contributed by atoms with Gasteiger partial charge in [0.2, 0.25) is 0 Å². The number of benzene rings is 1. The lowest BCUT2D eigenvalue weighted by Gasteiger charge is -2.10. The zero-order chi connectivity index (χ0) is 14.7. The summed E-state index contributed by atoms with van der Waals surface area (Å²) in [6.45, 7) is 6.26. The number of aliphatic carboxylic acids is 1. The minimum atomic E-state index is -0.748. The molecule has 20 heavy (non-hydrogen) atoms. The zero-order valence-electron chi connectivity index (χ0n) is 12.3. The molecular formula is C17H21NO2. The van der Waals surface area contributed by atoms with Crippen LogP contribution in [-0.4, -0.2) is 15.6 Å². The van der Waals surface area contributed by atoms with Crippen molar-refractivity contribution < 1.29 is 9.90 Å². The average Bonchev–Trinajstić information content (AvgIpc) is 2.71. The maximum atomic E-state index is 10.7. The summed E-state index contributed by atoms with van der Waals surface area (Å²) in [6, 6.07) is 10.6. The number of nitrogens with zero attached hydrogens (tertiary/aromatic N) is 1. The van der Waals surface area contributed by atoms with Crippen molar-refractivity contribution in [2.45, 2.75) is 40.0 Å². The molecule has 0 unspecified atom stereocenters. The van der Waals surface area contributed by atoms with Crippen molar-refractivity contribution in [1.29, 1.82) is 0 Å². The van der Waals surface area contributed by atoms with Crippen LogP contribution >= 0.6 is 0 Å². The second-order valence-electron chi connectivity index (χ2n) is 5.15. The molecule has 1 aromatic heterocycles. The third kappa shape index (κ3) is 2.93. The van der Waals surface area contributed by atoms with Crippen LogP contribution in [0.4, 0.5) is 0 Å². The fourth-order valence-corrected chi connectivity index (χ4v) is 2.60. The monoisotopic (exact) mass is 271 g/mol. The molecular weight excluding hydrogens is 250 g/mol. The molecule has 0 spiro atoms. The van der Waals surface area contributed by atoms with Gasteiger partial charge in [-0.2, -0.15) is 0 Å². The van der Waals surface area contributed by atoms with E-state index in [1.165, 1.54) is 5.56 Å². The molecule has 0 aliphatic heterocycles. The molecule has 0 bridgehead atoms. The van der Waals surface area contributed by atoms with Crippen molar-refractivity contribution in [2.24, 2.45) is 0 Å². The van der Waals surface area contributed by atoms with E-state index in [2.05, 4.69) is 55.7 Å². The lowest BCUT2D eigenvalue weighted by Crippen LogP contribution is -2.01. The first kappa shape index (κ1) is 14.4. The van der Waals surface area contributed by atoms with E-state index in [0.29, 0.717) is 6.42 Å². The van der Waals surface area contributed by atoms with Gasteiger partial charge in [-0.3, -0.25) is 4.79 Å². The van der Waals surface area contributed by atoms with Gasteiger partial charge in [-0.15, -0.1) is 0 Å². The Morgan fingerprint density at radius 1 is 1.20 bits per heavy atom. The number of aromatic nitrogens is 1. The van der Waals surface area contributed by atoms with Crippen LogP contribution in [0.3, 0.4) is 0 Å². The summed E-state index contributed by atoms with van der Waals surface area (Å²) < 4.78 is 2.19. The normalized spacial score (nSPS) is 10.8. The molecule has 0 fully saturated rings. The van der Waals surface area contributed by atoms with Gasteiger partial charge in [0.05, 0.1) is 0 Å². The van der Waals surface area contributed by atoms with E-state index < -0.39 is 5.97 Å². The van der Waals surface area contributed by atoms with Gasteiger partial charge in [0.15, 0.2) is 0 Å². The number of hydrogen-bond acceptors (Lipinski definition) is 1. The molecule has 0 radical (unpaired) electrons. The molecule has 1 aromatic carbocycles. The van der Waals surface area contributed by atoms with Crippen molar-refractivity contribution in [3.63, 3.8) is 0 Å². The highest BCUT2D eigenvalue weighted by molar-refractivity contribution is 5.67. The molecule has 106 valence electrons. The Morgan fingerprint density at radius 3 is 2.40 bits per heavy atom. The van der Waals surface area contributed by atoms with Gasteiger partial charge in [0.1, 0.15) is 0 Å². The molecule has 0 saturated carbocycles. The Morgan fingerprint density at radius 2 is 1.85 bits per heavy atom. The second kappa shape index (κ2) is 5.95. The largest absolute Gasteiger partial charge is 0.481 e. The third-order valence-electron chi connectivity index (χ3n) is 3.75. The van der Waals surface area contributed by atoms with Gasteiger partial charge >= 0.3 is 5.97 Å². The Balaban J connectivity index is 2.33. The average molecular weight is 271 g/mol. The van der Waals surface area contributed by atoms with E-state index in [1.807, 2.05) is 0 Å². The van der Waals surface area contributed by atoms with Gasteiger partial charge in [-0.25, -0.2) is 0 Å². The highest BCUT2D eigenvalue weighted by atomic mass is 16.4. The SMILES string of the molecule is CCc1ccc(-n2c(C)cc(CCC(=O)O)c2C)cc1. The van der Waals surface area contributed by atoms with Gasteiger partial charge in [-0.05, 0) is 56.0 Å². The van der Waals surface area contributed by atoms with E-state index in [4.69, 9.17) is 5.11 Å². The van der Waals surface area contributed by atoms with Crippen LogP contribution in [0, 0.1) is 13.8 Å². The topological polar surface area (TPSA) is 42.2 Å². The number of carboxylic acid groups (broad SMARTS) is 1. The Hall–Kier alpha value is -2.03. The predicted octanol–water partition coefficient (Wildman–Crippen LogP) is 3.67. The third-order valence-corrected chi connectivity index (χ3v) is 3.75. The second-order valence-corrected chi connectivity index (χ2v) is 5.15. The van der Waals surface area contributed by atoms with Crippen molar-refractivity contribution in [3.8, 4) is 5.69 Å². The van der Waals surface area contributed by atoms with Gasteiger partial charge in [-0.1, -0.05) is 19.1 Å². The van der Waals surface area contributed by atoms with E-state index in [0.717, 1.165) is 29.1 Å². The van der Waals surface area contributed by atoms with Gasteiger partial charge in [0.25, 0.3) is 0 Å². The first-order chi connectivity index (χ1) is 9.52. The molecule has 0 amide bonds. The summed E-state index contributed by atoms with van der Waals surface area (Å²) in [5.41, 5.74) is 5.85. The van der Waals surface area contributed by atoms with Crippen LogP contribution in [0.5, 0.6) is 0 Å². The minimum Gasteiger partial charge on any atom is -0.481 e. The first-order valence-corrected chi connectivity index (χ1v) is 7.02. The van der Waals surface area contributed by atoms with E-state index in [1.54, 1.807) is 0 Å². The maximum Gasteiger partial charge on any atom is 0.303 e. The van der Waals surface area contributed by atoms with Gasteiger partial charge < -0.3 is 9.67 Å². The molecule has 1 heterocycles. The molecule has 2 aromatic rings. The fraction of sp³-hybridized carbons (Fsp3) is 0.353. The molecule has 0 aliphatic rings. The lowest BCUT2D eigenvalue weighted by atomic mass is 10.1. The summed E-state index contributed by atoms with van der Waals surface area (Å²) in [5, 5.41) is 8.81.